The lowest BCUT2D eigenvalue weighted by atomic mass is 9.78. The number of benzene rings is 1. The van der Waals surface area contributed by atoms with Crippen LogP contribution in [-0.2, 0) is 11.3 Å². The van der Waals surface area contributed by atoms with Gasteiger partial charge in [-0.2, -0.15) is 0 Å². The highest BCUT2D eigenvalue weighted by atomic mass is 32.2. The van der Waals surface area contributed by atoms with Gasteiger partial charge >= 0.3 is 0 Å². The average molecular weight is 428 g/mol. The molecule has 0 bridgehead atoms. The van der Waals surface area contributed by atoms with Crippen molar-refractivity contribution in [1.29, 1.82) is 0 Å². The highest BCUT2D eigenvalue weighted by molar-refractivity contribution is 7.99. The summed E-state index contributed by atoms with van der Waals surface area (Å²) in [6.07, 6.45) is 8.25. The maximum absolute atomic E-state index is 13.1. The molecule has 162 valence electrons. The Morgan fingerprint density at radius 2 is 1.93 bits per heavy atom. The van der Waals surface area contributed by atoms with Crippen LogP contribution in [-0.4, -0.2) is 38.7 Å². The topological polar surface area (TPSA) is 55.2 Å². The van der Waals surface area contributed by atoms with E-state index in [9.17, 15) is 9.59 Å². The smallest absolute Gasteiger partial charge is 0.262 e. The Bertz CT molecular complexity index is 953. The number of amides is 1. The van der Waals surface area contributed by atoms with Gasteiger partial charge in [0.25, 0.3) is 5.56 Å². The fourth-order valence-electron chi connectivity index (χ4n) is 4.99. The molecule has 2 atom stereocenters. The third-order valence-corrected chi connectivity index (χ3v) is 7.61. The van der Waals surface area contributed by atoms with Crippen molar-refractivity contribution in [3.05, 3.63) is 34.6 Å². The summed E-state index contributed by atoms with van der Waals surface area (Å²) in [7, 11) is 0. The van der Waals surface area contributed by atoms with Crippen molar-refractivity contribution in [1.82, 2.24) is 14.5 Å². The molecule has 0 N–H and O–H groups in total. The van der Waals surface area contributed by atoms with Crippen LogP contribution in [0.3, 0.4) is 0 Å². The van der Waals surface area contributed by atoms with Gasteiger partial charge in [-0.1, -0.05) is 50.6 Å². The van der Waals surface area contributed by atoms with Crippen molar-refractivity contribution in [2.45, 2.75) is 76.5 Å². The van der Waals surface area contributed by atoms with Crippen LogP contribution in [0.1, 0.15) is 58.8 Å². The summed E-state index contributed by atoms with van der Waals surface area (Å²) in [5, 5.41) is 1.32. The molecule has 1 saturated carbocycles. The van der Waals surface area contributed by atoms with Crippen LogP contribution in [0.25, 0.3) is 10.9 Å². The summed E-state index contributed by atoms with van der Waals surface area (Å²) >= 11 is 1.43. The minimum absolute atomic E-state index is 0.00140. The van der Waals surface area contributed by atoms with Crippen LogP contribution in [0.4, 0.5) is 0 Å². The van der Waals surface area contributed by atoms with Gasteiger partial charge in [0.2, 0.25) is 5.91 Å². The Balaban J connectivity index is 1.54. The van der Waals surface area contributed by atoms with E-state index in [0.29, 0.717) is 46.2 Å². The molecular formula is C24H33N3O2S. The van der Waals surface area contributed by atoms with Gasteiger partial charge in [0.1, 0.15) is 0 Å². The third kappa shape index (κ3) is 4.58. The van der Waals surface area contributed by atoms with Crippen LogP contribution >= 0.6 is 11.8 Å². The lowest BCUT2D eigenvalue weighted by molar-refractivity contribution is -0.134. The van der Waals surface area contributed by atoms with Crippen molar-refractivity contribution in [3.63, 3.8) is 0 Å². The Kier molecular flexibility index (Phi) is 6.81. The van der Waals surface area contributed by atoms with Crippen LogP contribution in [0.15, 0.2) is 34.2 Å². The summed E-state index contributed by atoms with van der Waals surface area (Å²) in [6.45, 7) is 5.84. The van der Waals surface area contributed by atoms with E-state index in [1.165, 1.54) is 37.4 Å². The molecule has 1 amide bonds. The molecule has 1 aliphatic carbocycles. The monoisotopic (exact) mass is 427 g/mol. The van der Waals surface area contributed by atoms with Crippen molar-refractivity contribution in [2.75, 3.05) is 12.3 Å². The van der Waals surface area contributed by atoms with Gasteiger partial charge in [-0.15, -0.1) is 0 Å². The van der Waals surface area contributed by atoms with Crippen molar-refractivity contribution in [2.24, 2.45) is 11.8 Å². The Morgan fingerprint density at radius 3 is 2.77 bits per heavy atom. The molecular weight excluding hydrogens is 394 g/mol. The molecule has 1 saturated heterocycles. The lowest BCUT2D eigenvalue weighted by Crippen LogP contribution is -2.50. The first-order chi connectivity index (χ1) is 14.5. The van der Waals surface area contributed by atoms with Crippen molar-refractivity contribution < 1.29 is 4.79 Å². The number of thioether (sulfide) groups is 1. The van der Waals surface area contributed by atoms with E-state index in [-0.39, 0.29) is 11.5 Å². The van der Waals surface area contributed by atoms with Crippen LogP contribution < -0.4 is 5.56 Å². The zero-order chi connectivity index (χ0) is 21.1. The standard InChI is InChI=1S/C24H33N3O2S/c1-17(2)13-15-27-23(29)19-10-4-5-11-20(19)25-24(27)30-16-22(28)26-14-7-9-18-8-3-6-12-21(18)26/h4-5,10-11,17-18,21H,3,6-9,12-16H2,1-2H3. The highest BCUT2D eigenvalue weighted by Gasteiger charge is 2.35. The number of hydrogen-bond acceptors (Lipinski definition) is 4. The number of carbonyl (C=O) groups excluding carboxylic acids is 1. The number of piperidine rings is 1. The molecule has 1 aromatic carbocycles. The van der Waals surface area contributed by atoms with Crippen molar-refractivity contribution in [3.8, 4) is 0 Å². The summed E-state index contributed by atoms with van der Waals surface area (Å²) < 4.78 is 1.78. The molecule has 4 rings (SSSR count). The first-order valence-electron chi connectivity index (χ1n) is 11.5. The maximum atomic E-state index is 13.1. The number of likely N-dealkylation sites (tertiary alicyclic amines) is 1. The number of fused-ring (bicyclic) bond motifs is 2. The Hall–Kier alpha value is -1.82. The highest BCUT2D eigenvalue weighted by Crippen LogP contribution is 2.35. The predicted octanol–water partition coefficient (Wildman–Crippen LogP) is 4.72. The second-order valence-electron chi connectivity index (χ2n) is 9.18. The van der Waals surface area contributed by atoms with Gasteiger partial charge in [0, 0.05) is 19.1 Å². The molecule has 1 aliphatic heterocycles. The van der Waals surface area contributed by atoms with Gasteiger partial charge in [-0.05, 0) is 56.1 Å². The number of rotatable bonds is 6. The quantitative estimate of drug-likeness (QED) is 0.495. The number of aromatic nitrogens is 2. The normalized spacial score (nSPS) is 21.8. The summed E-state index contributed by atoms with van der Waals surface area (Å²) in [5.41, 5.74) is 0.713. The third-order valence-electron chi connectivity index (χ3n) is 6.64. The SMILES string of the molecule is CC(C)CCn1c(SCC(=O)N2CCCC3CCCCC32)nc2ccccc2c1=O. The first-order valence-corrected chi connectivity index (χ1v) is 12.4. The molecule has 2 fully saturated rings. The van der Waals surface area contributed by atoms with Crippen molar-refractivity contribution >= 4 is 28.6 Å². The summed E-state index contributed by atoms with van der Waals surface area (Å²) in [6, 6.07) is 7.93. The van der Waals surface area contributed by atoms with Gasteiger partial charge in [0.15, 0.2) is 5.16 Å². The molecule has 0 spiro atoms. The number of carbonyl (C=O) groups is 1. The summed E-state index contributed by atoms with van der Waals surface area (Å²) in [5.74, 6) is 1.74. The molecule has 6 heteroatoms. The molecule has 2 unspecified atom stereocenters. The Morgan fingerprint density at radius 1 is 1.17 bits per heavy atom. The first kappa shape index (κ1) is 21.4. The van der Waals surface area contributed by atoms with E-state index >= 15 is 0 Å². The van der Waals surface area contributed by atoms with E-state index in [0.717, 1.165) is 25.8 Å². The van der Waals surface area contributed by atoms with Crippen LogP contribution in [0, 0.1) is 11.8 Å². The zero-order valence-electron chi connectivity index (χ0n) is 18.2. The minimum atomic E-state index is 0.00140. The summed E-state index contributed by atoms with van der Waals surface area (Å²) in [4.78, 5) is 33.2. The zero-order valence-corrected chi connectivity index (χ0v) is 19.0. The molecule has 2 heterocycles. The maximum Gasteiger partial charge on any atom is 0.262 e. The number of nitrogens with zero attached hydrogens (tertiary/aromatic N) is 3. The molecule has 0 radical (unpaired) electrons. The number of hydrogen-bond donors (Lipinski definition) is 0. The molecule has 2 aliphatic rings. The van der Waals surface area contributed by atoms with Gasteiger partial charge in [0.05, 0.1) is 16.7 Å². The average Bonchev–Trinajstić information content (AvgIpc) is 2.76. The van der Waals surface area contributed by atoms with Gasteiger partial charge in [-0.3, -0.25) is 14.2 Å². The lowest BCUT2D eigenvalue weighted by Gasteiger charge is -2.44. The number of para-hydroxylation sites is 1. The predicted molar refractivity (Wildman–Crippen MR) is 123 cm³/mol. The largest absolute Gasteiger partial charge is 0.339 e. The molecule has 30 heavy (non-hydrogen) atoms. The van der Waals surface area contributed by atoms with Crippen LogP contribution in [0.2, 0.25) is 0 Å². The molecule has 1 aromatic heterocycles. The van der Waals surface area contributed by atoms with E-state index in [1.807, 2.05) is 24.3 Å². The Labute approximate surface area is 183 Å². The second kappa shape index (κ2) is 9.54. The van der Waals surface area contributed by atoms with E-state index in [4.69, 9.17) is 4.98 Å². The minimum Gasteiger partial charge on any atom is -0.339 e. The fourth-order valence-corrected chi connectivity index (χ4v) is 5.90. The van der Waals surface area contributed by atoms with Crippen LogP contribution in [0.5, 0.6) is 0 Å². The van der Waals surface area contributed by atoms with E-state index < -0.39 is 0 Å². The molecule has 5 nitrogen and oxygen atoms in total. The van der Waals surface area contributed by atoms with E-state index in [1.54, 1.807) is 4.57 Å². The second-order valence-corrected chi connectivity index (χ2v) is 10.1. The van der Waals surface area contributed by atoms with E-state index in [2.05, 4.69) is 18.7 Å². The fraction of sp³-hybridized carbons (Fsp3) is 0.625. The van der Waals surface area contributed by atoms with Gasteiger partial charge < -0.3 is 4.90 Å². The van der Waals surface area contributed by atoms with Gasteiger partial charge in [-0.25, -0.2) is 4.98 Å². The molecule has 2 aromatic rings.